The lowest BCUT2D eigenvalue weighted by Gasteiger charge is -2.10. The maximum Gasteiger partial charge on any atom is 0.241 e. The van der Waals surface area contributed by atoms with E-state index in [9.17, 15) is 8.42 Å². The minimum Gasteiger partial charge on any atom is -0.380 e. The summed E-state index contributed by atoms with van der Waals surface area (Å²) in [6, 6.07) is 5.19. The van der Waals surface area contributed by atoms with E-state index in [1.165, 1.54) is 0 Å². The Hall–Kier alpha value is -0.470. The Morgan fingerprint density at radius 2 is 2.11 bits per heavy atom. The molecule has 0 saturated carbocycles. The second-order valence-corrected chi connectivity index (χ2v) is 6.48. The molecule has 5 nitrogen and oxygen atoms in total. The van der Waals surface area contributed by atoms with Crippen LogP contribution in [-0.2, 0) is 21.3 Å². The second kappa shape index (κ2) is 7.96. The highest BCUT2D eigenvalue weighted by Gasteiger charge is 2.17. The number of nitrogens with one attached hydrogen (secondary N) is 2. The van der Waals surface area contributed by atoms with Crippen molar-refractivity contribution in [3.05, 3.63) is 28.2 Å². The summed E-state index contributed by atoms with van der Waals surface area (Å²) in [4.78, 5) is 0.240. The van der Waals surface area contributed by atoms with Gasteiger partial charge in [0.15, 0.2) is 0 Å². The molecule has 1 aromatic rings. The molecule has 108 valence electrons. The number of hydrogen-bond donors (Lipinski definition) is 2. The summed E-state index contributed by atoms with van der Waals surface area (Å²) in [5.41, 5.74) is 1.02. The third kappa shape index (κ3) is 5.19. The molecule has 0 amide bonds. The summed E-state index contributed by atoms with van der Waals surface area (Å²) in [6.45, 7) is 3.76. The summed E-state index contributed by atoms with van der Waals surface area (Å²) in [7, 11) is -1.66. The monoisotopic (exact) mass is 350 g/mol. The first-order valence-electron chi connectivity index (χ1n) is 6.01. The standard InChI is InChI=1S/C12H19BrN2O3S/c1-3-18-7-6-15-19(16,17)12-5-4-10(9-14-2)8-11(12)13/h4-5,8,14-15H,3,6-7,9H2,1-2H3. The van der Waals surface area contributed by atoms with Gasteiger partial charge in [-0.25, -0.2) is 13.1 Å². The Bertz CT molecular complexity index is 506. The Kier molecular flexibility index (Phi) is 6.95. The van der Waals surface area contributed by atoms with Gasteiger partial charge in [0.2, 0.25) is 10.0 Å². The average Bonchev–Trinajstić information content (AvgIpc) is 2.35. The first kappa shape index (κ1) is 16.6. The van der Waals surface area contributed by atoms with Crippen molar-refractivity contribution in [3.8, 4) is 0 Å². The third-order valence-electron chi connectivity index (χ3n) is 2.41. The number of ether oxygens (including phenoxy) is 1. The Morgan fingerprint density at radius 1 is 1.37 bits per heavy atom. The Morgan fingerprint density at radius 3 is 2.68 bits per heavy atom. The van der Waals surface area contributed by atoms with Crippen LogP contribution in [0.15, 0.2) is 27.6 Å². The molecular formula is C12H19BrN2O3S. The van der Waals surface area contributed by atoms with Crippen molar-refractivity contribution in [1.82, 2.24) is 10.0 Å². The molecule has 0 saturated heterocycles. The van der Waals surface area contributed by atoms with Gasteiger partial charge in [0, 0.05) is 24.2 Å². The Labute approximate surface area is 122 Å². The Balaban J connectivity index is 2.77. The summed E-state index contributed by atoms with van der Waals surface area (Å²) in [5, 5.41) is 3.02. The van der Waals surface area contributed by atoms with E-state index in [2.05, 4.69) is 26.0 Å². The van der Waals surface area contributed by atoms with Crippen molar-refractivity contribution in [2.45, 2.75) is 18.4 Å². The largest absolute Gasteiger partial charge is 0.380 e. The molecule has 0 fully saturated rings. The highest BCUT2D eigenvalue weighted by Crippen LogP contribution is 2.23. The number of sulfonamides is 1. The van der Waals surface area contributed by atoms with Crippen LogP contribution in [0.4, 0.5) is 0 Å². The van der Waals surface area contributed by atoms with Crippen molar-refractivity contribution in [1.29, 1.82) is 0 Å². The number of benzene rings is 1. The summed E-state index contributed by atoms with van der Waals surface area (Å²) in [5.74, 6) is 0. The molecule has 0 radical (unpaired) electrons. The van der Waals surface area contributed by atoms with Gasteiger partial charge in [-0.1, -0.05) is 6.07 Å². The smallest absolute Gasteiger partial charge is 0.241 e. The zero-order valence-electron chi connectivity index (χ0n) is 11.1. The highest BCUT2D eigenvalue weighted by atomic mass is 79.9. The van der Waals surface area contributed by atoms with E-state index in [1.807, 2.05) is 14.0 Å². The maximum absolute atomic E-state index is 12.1. The molecule has 0 aliphatic heterocycles. The van der Waals surface area contributed by atoms with E-state index < -0.39 is 10.0 Å². The zero-order chi connectivity index (χ0) is 14.3. The molecule has 0 unspecified atom stereocenters. The fourth-order valence-electron chi connectivity index (χ4n) is 1.55. The molecule has 1 aromatic carbocycles. The van der Waals surface area contributed by atoms with Gasteiger partial charge in [-0.15, -0.1) is 0 Å². The molecule has 19 heavy (non-hydrogen) atoms. The molecule has 0 spiro atoms. The van der Waals surface area contributed by atoms with E-state index in [1.54, 1.807) is 18.2 Å². The van der Waals surface area contributed by atoms with Crippen LogP contribution in [0, 0.1) is 0 Å². The first-order chi connectivity index (χ1) is 9.01. The van der Waals surface area contributed by atoms with Crippen molar-refractivity contribution in [2.24, 2.45) is 0 Å². The van der Waals surface area contributed by atoms with E-state index in [0.717, 1.165) is 5.56 Å². The fourth-order valence-corrected chi connectivity index (χ4v) is 3.68. The van der Waals surface area contributed by atoms with Gasteiger partial charge in [-0.3, -0.25) is 0 Å². The highest BCUT2D eigenvalue weighted by molar-refractivity contribution is 9.10. The van der Waals surface area contributed by atoms with Crippen molar-refractivity contribution in [2.75, 3.05) is 26.8 Å². The minimum atomic E-state index is -3.50. The molecule has 0 aliphatic rings. The molecule has 0 heterocycles. The van der Waals surface area contributed by atoms with E-state index in [4.69, 9.17) is 4.74 Å². The average molecular weight is 351 g/mol. The fraction of sp³-hybridized carbons (Fsp3) is 0.500. The van der Waals surface area contributed by atoms with Crippen molar-refractivity contribution < 1.29 is 13.2 Å². The van der Waals surface area contributed by atoms with Gasteiger partial charge in [0.25, 0.3) is 0 Å². The van der Waals surface area contributed by atoms with Crippen molar-refractivity contribution >= 4 is 26.0 Å². The minimum absolute atomic E-state index is 0.240. The van der Waals surface area contributed by atoms with Crippen LogP contribution in [0.3, 0.4) is 0 Å². The zero-order valence-corrected chi connectivity index (χ0v) is 13.5. The lowest BCUT2D eigenvalue weighted by Crippen LogP contribution is -2.27. The van der Waals surface area contributed by atoms with Crippen LogP contribution in [0.2, 0.25) is 0 Å². The van der Waals surface area contributed by atoms with Gasteiger partial charge in [-0.2, -0.15) is 0 Å². The normalized spacial score (nSPS) is 11.7. The third-order valence-corrected chi connectivity index (χ3v) is 4.85. The van der Waals surface area contributed by atoms with E-state index in [0.29, 0.717) is 24.2 Å². The predicted molar refractivity (Wildman–Crippen MR) is 78.6 cm³/mol. The lowest BCUT2D eigenvalue weighted by molar-refractivity contribution is 0.153. The van der Waals surface area contributed by atoms with Crippen LogP contribution >= 0.6 is 15.9 Å². The molecule has 0 bridgehead atoms. The summed E-state index contributed by atoms with van der Waals surface area (Å²) >= 11 is 3.30. The van der Waals surface area contributed by atoms with Crippen LogP contribution < -0.4 is 10.0 Å². The lowest BCUT2D eigenvalue weighted by atomic mass is 10.2. The topological polar surface area (TPSA) is 67.4 Å². The summed E-state index contributed by atoms with van der Waals surface area (Å²) in [6.07, 6.45) is 0. The SMILES string of the molecule is CCOCCNS(=O)(=O)c1ccc(CNC)cc1Br. The molecule has 0 atom stereocenters. The molecular weight excluding hydrogens is 332 g/mol. The van der Waals surface area contributed by atoms with Crippen LogP contribution in [0.1, 0.15) is 12.5 Å². The van der Waals surface area contributed by atoms with Gasteiger partial charge in [0.1, 0.15) is 0 Å². The second-order valence-electron chi connectivity index (χ2n) is 3.89. The number of hydrogen-bond acceptors (Lipinski definition) is 4. The van der Waals surface area contributed by atoms with Crippen LogP contribution in [0.5, 0.6) is 0 Å². The van der Waals surface area contributed by atoms with Crippen LogP contribution in [-0.4, -0.2) is 35.2 Å². The number of rotatable bonds is 8. The quantitative estimate of drug-likeness (QED) is 0.697. The number of halogens is 1. The molecule has 0 aliphatic carbocycles. The molecule has 2 N–H and O–H groups in total. The van der Waals surface area contributed by atoms with E-state index in [-0.39, 0.29) is 11.4 Å². The van der Waals surface area contributed by atoms with Gasteiger partial charge in [0.05, 0.1) is 11.5 Å². The summed E-state index contributed by atoms with van der Waals surface area (Å²) < 4.78 is 32.3. The van der Waals surface area contributed by atoms with Gasteiger partial charge < -0.3 is 10.1 Å². The van der Waals surface area contributed by atoms with E-state index >= 15 is 0 Å². The molecule has 1 rings (SSSR count). The van der Waals surface area contributed by atoms with Crippen LogP contribution in [0.25, 0.3) is 0 Å². The molecule has 7 heteroatoms. The first-order valence-corrected chi connectivity index (χ1v) is 8.29. The maximum atomic E-state index is 12.1. The predicted octanol–water partition coefficient (Wildman–Crippen LogP) is 1.48. The van der Waals surface area contributed by atoms with Gasteiger partial charge >= 0.3 is 0 Å². The molecule has 0 aromatic heterocycles. The van der Waals surface area contributed by atoms with Crippen molar-refractivity contribution in [3.63, 3.8) is 0 Å². The van der Waals surface area contributed by atoms with Gasteiger partial charge in [-0.05, 0) is 47.6 Å².